The number of esters is 1. The lowest BCUT2D eigenvalue weighted by Crippen LogP contribution is -1.98. The van der Waals surface area contributed by atoms with Crippen LogP contribution in [0.3, 0.4) is 0 Å². The average molecular weight is 246 g/mol. The summed E-state index contributed by atoms with van der Waals surface area (Å²) in [5, 5.41) is 0. The van der Waals surface area contributed by atoms with Crippen molar-refractivity contribution >= 4 is 12.0 Å². The van der Waals surface area contributed by atoms with Crippen molar-refractivity contribution in [2.24, 2.45) is 5.92 Å². The normalized spacial score (nSPS) is 11.1. The molecule has 0 spiro atoms. The van der Waals surface area contributed by atoms with E-state index in [1.54, 1.807) is 13.0 Å². The van der Waals surface area contributed by atoms with Crippen molar-refractivity contribution in [3.8, 4) is 0 Å². The number of hydrogen-bond acceptors (Lipinski definition) is 2. The first-order chi connectivity index (χ1) is 8.61. The van der Waals surface area contributed by atoms with Gasteiger partial charge in [0.25, 0.3) is 0 Å². The summed E-state index contributed by atoms with van der Waals surface area (Å²) >= 11 is 0. The maximum atomic E-state index is 11.2. The standard InChI is InChI=1S/C16H22O2/c1-4-18-16(17)11-10-15-7-5-6-14(12-15)9-8-13(2)3/h5-7,10-13H,4,8-9H2,1-3H3/b11-10+. The smallest absolute Gasteiger partial charge is 0.330 e. The van der Waals surface area contributed by atoms with Gasteiger partial charge >= 0.3 is 5.97 Å². The second-order valence-corrected chi connectivity index (χ2v) is 4.76. The molecule has 0 saturated carbocycles. The number of ether oxygens (including phenoxy) is 1. The van der Waals surface area contributed by atoms with Crippen molar-refractivity contribution < 1.29 is 9.53 Å². The van der Waals surface area contributed by atoms with Crippen molar-refractivity contribution in [3.63, 3.8) is 0 Å². The zero-order chi connectivity index (χ0) is 13.4. The summed E-state index contributed by atoms with van der Waals surface area (Å²) in [6.45, 7) is 6.67. The minimum absolute atomic E-state index is 0.287. The van der Waals surface area contributed by atoms with E-state index >= 15 is 0 Å². The summed E-state index contributed by atoms with van der Waals surface area (Å²) in [4.78, 5) is 11.2. The van der Waals surface area contributed by atoms with Gasteiger partial charge in [0.1, 0.15) is 0 Å². The Kier molecular flexibility index (Phi) is 6.20. The fourth-order valence-corrected chi connectivity index (χ4v) is 1.66. The van der Waals surface area contributed by atoms with Gasteiger partial charge in [-0.25, -0.2) is 4.79 Å². The van der Waals surface area contributed by atoms with E-state index in [2.05, 4.69) is 26.0 Å². The Labute approximate surface area is 110 Å². The molecule has 2 nitrogen and oxygen atoms in total. The molecular formula is C16H22O2. The van der Waals surface area contributed by atoms with Crippen LogP contribution in [0, 0.1) is 5.92 Å². The summed E-state index contributed by atoms with van der Waals surface area (Å²) in [7, 11) is 0. The van der Waals surface area contributed by atoms with E-state index in [0.29, 0.717) is 12.5 Å². The van der Waals surface area contributed by atoms with Crippen LogP contribution in [-0.4, -0.2) is 12.6 Å². The number of carbonyl (C=O) groups is 1. The van der Waals surface area contributed by atoms with Crippen molar-refractivity contribution in [3.05, 3.63) is 41.5 Å². The van der Waals surface area contributed by atoms with Crippen molar-refractivity contribution in [1.29, 1.82) is 0 Å². The third-order valence-electron chi connectivity index (χ3n) is 2.66. The first-order valence-electron chi connectivity index (χ1n) is 6.55. The maximum absolute atomic E-state index is 11.2. The van der Waals surface area contributed by atoms with Crippen LogP contribution in [0.4, 0.5) is 0 Å². The van der Waals surface area contributed by atoms with Crippen LogP contribution in [0.1, 0.15) is 38.3 Å². The summed E-state index contributed by atoms with van der Waals surface area (Å²) in [5.41, 5.74) is 2.36. The van der Waals surface area contributed by atoms with Crippen molar-refractivity contribution in [2.75, 3.05) is 6.61 Å². The van der Waals surface area contributed by atoms with Gasteiger partial charge in [-0.15, -0.1) is 0 Å². The van der Waals surface area contributed by atoms with E-state index in [1.807, 2.05) is 12.1 Å². The molecule has 1 aromatic carbocycles. The number of rotatable bonds is 6. The van der Waals surface area contributed by atoms with Gasteiger partial charge in [0.05, 0.1) is 6.61 Å². The summed E-state index contributed by atoms with van der Waals surface area (Å²) in [5.74, 6) is 0.425. The largest absolute Gasteiger partial charge is 0.463 e. The van der Waals surface area contributed by atoms with Gasteiger partial charge in [0.15, 0.2) is 0 Å². The molecular weight excluding hydrogens is 224 g/mol. The summed E-state index contributed by atoms with van der Waals surface area (Å²) in [6, 6.07) is 8.28. The lowest BCUT2D eigenvalue weighted by atomic mass is 10.0. The lowest BCUT2D eigenvalue weighted by Gasteiger charge is -2.05. The Morgan fingerprint density at radius 3 is 2.83 bits per heavy atom. The monoisotopic (exact) mass is 246 g/mol. The van der Waals surface area contributed by atoms with Gasteiger partial charge in [0.2, 0.25) is 0 Å². The number of carbonyl (C=O) groups excluding carboxylic acids is 1. The molecule has 0 N–H and O–H groups in total. The van der Waals surface area contributed by atoms with E-state index in [0.717, 1.165) is 12.0 Å². The van der Waals surface area contributed by atoms with Crippen LogP contribution in [0.15, 0.2) is 30.3 Å². The highest BCUT2D eigenvalue weighted by Gasteiger charge is 1.98. The van der Waals surface area contributed by atoms with E-state index < -0.39 is 0 Å². The van der Waals surface area contributed by atoms with Crippen molar-refractivity contribution in [2.45, 2.75) is 33.6 Å². The Bertz CT molecular complexity index is 405. The first-order valence-corrected chi connectivity index (χ1v) is 6.55. The zero-order valence-corrected chi connectivity index (χ0v) is 11.5. The number of aryl methyl sites for hydroxylation is 1. The maximum Gasteiger partial charge on any atom is 0.330 e. The van der Waals surface area contributed by atoms with Gasteiger partial charge < -0.3 is 4.74 Å². The fraction of sp³-hybridized carbons (Fsp3) is 0.438. The fourth-order valence-electron chi connectivity index (χ4n) is 1.66. The van der Waals surface area contributed by atoms with Crippen LogP contribution in [-0.2, 0) is 16.0 Å². The second-order valence-electron chi connectivity index (χ2n) is 4.76. The average Bonchev–Trinajstić information content (AvgIpc) is 2.35. The molecule has 1 rings (SSSR count). The molecule has 0 amide bonds. The molecule has 0 saturated heterocycles. The molecule has 2 heteroatoms. The highest BCUT2D eigenvalue weighted by molar-refractivity contribution is 5.87. The highest BCUT2D eigenvalue weighted by atomic mass is 16.5. The number of benzene rings is 1. The third-order valence-corrected chi connectivity index (χ3v) is 2.66. The molecule has 0 aliphatic rings. The van der Waals surface area contributed by atoms with Gasteiger partial charge in [0, 0.05) is 6.08 Å². The minimum atomic E-state index is -0.287. The highest BCUT2D eigenvalue weighted by Crippen LogP contribution is 2.12. The quantitative estimate of drug-likeness (QED) is 0.563. The van der Waals surface area contributed by atoms with Crippen LogP contribution < -0.4 is 0 Å². The minimum Gasteiger partial charge on any atom is -0.463 e. The van der Waals surface area contributed by atoms with E-state index in [9.17, 15) is 4.79 Å². The molecule has 0 atom stereocenters. The van der Waals surface area contributed by atoms with Crippen LogP contribution in [0.2, 0.25) is 0 Å². The molecule has 98 valence electrons. The van der Waals surface area contributed by atoms with Crippen LogP contribution in [0.5, 0.6) is 0 Å². The molecule has 0 fully saturated rings. The Morgan fingerprint density at radius 1 is 1.39 bits per heavy atom. The van der Waals surface area contributed by atoms with Gasteiger partial charge in [-0.3, -0.25) is 0 Å². The van der Waals surface area contributed by atoms with E-state index in [4.69, 9.17) is 4.74 Å². The predicted octanol–water partition coefficient (Wildman–Crippen LogP) is 3.85. The molecule has 0 unspecified atom stereocenters. The Balaban J connectivity index is 2.61. The predicted molar refractivity (Wildman–Crippen MR) is 75.3 cm³/mol. The van der Waals surface area contributed by atoms with Gasteiger partial charge in [-0.1, -0.05) is 38.1 Å². The Morgan fingerprint density at radius 2 is 2.17 bits per heavy atom. The number of hydrogen-bond donors (Lipinski definition) is 0. The topological polar surface area (TPSA) is 26.3 Å². The lowest BCUT2D eigenvalue weighted by molar-refractivity contribution is -0.137. The molecule has 0 aliphatic heterocycles. The second kappa shape index (κ2) is 7.70. The van der Waals surface area contributed by atoms with Crippen molar-refractivity contribution in [1.82, 2.24) is 0 Å². The Hall–Kier alpha value is -1.57. The summed E-state index contributed by atoms with van der Waals surface area (Å²) in [6.07, 6.45) is 5.55. The molecule has 0 aliphatic carbocycles. The van der Waals surface area contributed by atoms with Crippen LogP contribution in [0.25, 0.3) is 6.08 Å². The molecule has 0 radical (unpaired) electrons. The van der Waals surface area contributed by atoms with Gasteiger partial charge in [-0.05, 0) is 42.9 Å². The molecule has 1 aromatic rings. The third kappa shape index (κ3) is 5.67. The van der Waals surface area contributed by atoms with Gasteiger partial charge in [-0.2, -0.15) is 0 Å². The molecule has 0 aromatic heterocycles. The van der Waals surface area contributed by atoms with E-state index in [-0.39, 0.29) is 5.97 Å². The molecule has 18 heavy (non-hydrogen) atoms. The van der Waals surface area contributed by atoms with Crippen LogP contribution >= 0.6 is 0 Å². The summed E-state index contributed by atoms with van der Waals surface area (Å²) < 4.78 is 4.85. The first kappa shape index (κ1) is 14.5. The molecule has 0 bridgehead atoms. The van der Waals surface area contributed by atoms with E-state index in [1.165, 1.54) is 18.1 Å². The SMILES string of the molecule is CCOC(=O)/C=C/c1cccc(CCC(C)C)c1. The molecule has 0 heterocycles. The zero-order valence-electron chi connectivity index (χ0n) is 11.5.